The highest BCUT2D eigenvalue weighted by Crippen LogP contribution is 2.08. The number of aliphatic carboxylic acids is 2. The molecule has 0 aliphatic carbocycles. The predicted molar refractivity (Wildman–Crippen MR) is 124 cm³/mol. The zero-order valence-electron chi connectivity index (χ0n) is 19.0. The van der Waals surface area contributed by atoms with Crippen molar-refractivity contribution in [1.29, 1.82) is 0 Å². The Labute approximate surface area is 202 Å². The van der Waals surface area contributed by atoms with E-state index in [0.29, 0.717) is 5.69 Å². The van der Waals surface area contributed by atoms with E-state index in [-0.39, 0.29) is 30.9 Å². The summed E-state index contributed by atoms with van der Waals surface area (Å²) in [4.78, 5) is 67.1. The molecular weight excluding hydrogens is 468 g/mol. The quantitative estimate of drug-likeness (QED) is 0.133. The number of hydrogen-bond donors (Lipinski definition) is 8. The van der Waals surface area contributed by atoms with Gasteiger partial charge in [0.1, 0.15) is 18.1 Å². The summed E-state index contributed by atoms with van der Waals surface area (Å²) in [6.45, 7) is 3.65. The highest BCUT2D eigenvalue weighted by molar-refractivity contribution is 7.80. The number of thiol groups is 1. The number of amides is 3. The summed E-state index contributed by atoms with van der Waals surface area (Å²) < 4.78 is 0. The Morgan fingerprint density at radius 3 is 2.12 bits per heavy atom. The van der Waals surface area contributed by atoms with Gasteiger partial charge >= 0.3 is 11.9 Å². The average Bonchev–Trinajstić information content (AvgIpc) is 3.27. The van der Waals surface area contributed by atoms with Crippen molar-refractivity contribution < 1.29 is 34.2 Å². The molecule has 190 valence electrons. The van der Waals surface area contributed by atoms with E-state index in [4.69, 9.17) is 10.8 Å². The van der Waals surface area contributed by atoms with Crippen molar-refractivity contribution >= 4 is 42.3 Å². The number of nitrogens with zero attached hydrogens (tertiary/aromatic N) is 1. The number of carboxylic acids is 2. The molecule has 0 fully saturated rings. The first kappa shape index (κ1) is 28.9. The Hall–Kier alpha value is -3.13. The van der Waals surface area contributed by atoms with Crippen molar-refractivity contribution in [2.45, 2.75) is 63.7 Å². The predicted octanol–water partition coefficient (Wildman–Crippen LogP) is -1.34. The number of imidazole rings is 1. The van der Waals surface area contributed by atoms with E-state index in [1.54, 1.807) is 0 Å². The van der Waals surface area contributed by atoms with Crippen molar-refractivity contribution in [1.82, 2.24) is 25.9 Å². The zero-order valence-corrected chi connectivity index (χ0v) is 19.9. The molecule has 0 saturated heterocycles. The Morgan fingerprint density at radius 1 is 1.03 bits per heavy atom. The molecule has 0 radical (unpaired) electrons. The molecule has 14 heteroatoms. The third kappa shape index (κ3) is 10.2. The lowest BCUT2D eigenvalue weighted by Crippen LogP contribution is -2.57. The van der Waals surface area contributed by atoms with Crippen molar-refractivity contribution in [3.05, 3.63) is 18.2 Å². The monoisotopic (exact) mass is 500 g/mol. The van der Waals surface area contributed by atoms with Crippen LogP contribution in [0.5, 0.6) is 0 Å². The van der Waals surface area contributed by atoms with Crippen LogP contribution in [-0.2, 0) is 30.4 Å². The van der Waals surface area contributed by atoms with Crippen LogP contribution in [0.4, 0.5) is 0 Å². The lowest BCUT2D eigenvalue weighted by atomic mass is 10.0. The Morgan fingerprint density at radius 2 is 1.62 bits per heavy atom. The number of nitrogens with one attached hydrogen (secondary N) is 4. The van der Waals surface area contributed by atoms with Gasteiger partial charge in [0.2, 0.25) is 17.7 Å². The Bertz CT molecular complexity index is 848. The normalized spacial score (nSPS) is 14.5. The van der Waals surface area contributed by atoms with Crippen molar-refractivity contribution in [3.63, 3.8) is 0 Å². The summed E-state index contributed by atoms with van der Waals surface area (Å²) in [7, 11) is 0. The summed E-state index contributed by atoms with van der Waals surface area (Å²) in [5, 5.41) is 25.8. The summed E-state index contributed by atoms with van der Waals surface area (Å²) >= 11 is 3.96. The SMILES string of the molecule is CC(C)CC(NC(=O)C(N)CS)C(=O)NC(CCC(=O)O)C(=O)NC(Cc1cnc[nH]1)C(=O)O. The number of H-pyrrole nitrogens is 1. The van der Waals surface area contributed by atoms with Crippen LogP contribution in [0, 0.1) is 5.92 Å². The van der Waals surface area contributed by atoms with Crippen LogP contribution in [0.2, 0.25) is 0 Å². The molecule has 8 N–H and O–H groups in total. The Balaban J connectivity index is 3.00. The van der Waals surface area contributed by atoms with E-state index in [1.165, 1.54) is 12.5 Å². The highest BCUT2D eigenvalue weighted by Gasteiger charge is 2.31. The number of aromatic nitrogens is 2. The molecule has 13 nitrogen and oxygen atoms in total. The summed E-state index contributed by atoms with van der Waals surface area (Å²) in [6, 6.07) is -4.69. The number of carbonyl (C=O) groups is 5. The molecule has 0 aliphatic heterocycles. The van der Waals surface area contributed by atoms with Crippen molar-refractivity contribution in [2.75, 3.05) is 5.75 Å². The van der Waals surface area contributed by atoms with Crippen LogP contribution in [0.3, 0.4) is 0 Å². The van der Waals surface area contributed by atoms with E-state index in [2.05, 4.69) is 38.5 Å². The van der Waals surface area contributed by atoms with E-state index < -0.39 is 60.2 Å². The van der Waals surface area contributed by atoms with E-state index in [9.17, 15) is 29.1 Å². The lowest BCUT2D eigenvalue weighted by Gasteiger charge is -2.25. The second-order valence-corrected chi connectivity index (χ2v) is 8.52. The van der Waals surface area contributed by atoms with E-state index in [1.807, 2.05) is 13.8 Å². The van der Waals surface area contributed by atoms with Crippen LogP contribution in [0.1, 0.15) is 38.8 Å². The molecule has 0 spiro atoms. The smallest absolute Gasteiger partial charge is 0.326 e. The fraction of sp³-hybridized carbons (Fsp3) is 0.600. The lowest BCUT2D eigenvalue weighted by molar-refractivity contribution is -0.143. The van der Waals surface area contributed by atoms with Gasteiger partial charge in [-0.1, -0.05) is 13.8 Å². The highest BCUT2D eigenvalue weighted by atomic mass is 32.1. The minimum atomic E-state index is -1.35. The van der Waals surface area contributed by atoms with Gasteiger partial charge in [-0.3, -0.25) is 19.2 Å². The van der Waals surface area contributed by atoms with Gasteiger partial charge in [-0.25, -0.2) is 9.78 Å². The van der Waals surface area contributed by atoms with Gasteiger partial charge < -0.3 is 36.9 Å². The van der Waals surface area contributed by atoms with E-state index >= 15 is 0 Å². The maximum atomic E-state index is 12.9. The molecule has 1 aromatic heterocycles. The summed E-state index contributed by atoms with van der Waals surface area (Å²) in [5.74, 6) is -4.68. The first-order valence-corrected chi connectivity index (χ1v) is 11.3. The first-order chi connectivity index (χ1) is 15.9. The number of carboxylic acid groups (broad SMARTS) is 2. The number of hydrogen-bond acceptors (Lipinski definition) is 8. The Kier molecular flexibility index (Phi) is 12.1. The number of rotatable bonds is 15. The summed E-state index contributed by atoms with van der Waals surface area (Å²) in [6.07, 6.45) is 2.13. The molecule has 0 bridgehead atoms. The van der Waals surface area contributed by atoms with Gasteiger partial charge in [-0.05, 0) is 18.8 Å². The third-order valence-electron chi connectivity index (χ3n) is 4.75. The van der Waals surface area contributed by atoms with Crippen LogP contribution in [0.15, 0.2) is 12.5 Å². The van der Waals surface area contributed by atoms with Crippen LogP contribution >= 0.6 is 12.6 Å². The molecule has 0 aliphatic rings. The number of carbonyl (C=O) groups excluding carboxylic acids is 3. The fourth-order valence-electron chi connectivity index (χ4n) is 2.96. The standard InChI is InChI=1S/C20H32N6O7S/c1-10(2)5-14(25-17(29)12(21)8-34)19(31)24-13(3-4-16(27)28)18(30)26-15(20(32)33)6-11-7-22-9-23-11/h7,9-10,12-15,34H,3-6,8,21H2,1-2H3,(H,22,23)(H,24,31)(H,25,29)(H,26,30)(H,27,28)(H,32,33). The number of aromatic amines is 1. The van der Waals surface area contributed by atoms with Gasteiger partial charge in [-0.2, -0.15) is 12.6 Å². The molecular formula is C20H32N6O7S. The molecule has 4 unspecified atom stereocenters. The molecule has 1 rings (SSSR count). The van der Waals surface area contributed by atoms with Crippen LogP contribution in [-0.4, -0.2) is 79.8 Å². The molecule has 0 aromatic carbocycles. The van der Waals surface area contributed by atoms with Gasteiger partial charge in [-0.15, -0.1) is 0 Å². The molecule has 34 heavy (non-hydrogen) atoms. The second-order valence-electron chi connectivity index (χ2n) is 8.15. The molecule has 0 saturated carbocycles. The van der Waals surface area contributed by atoms with Gasteiger partial charge in [0, 0.05) is 30.5 Å². The van der Waals surface area contributed by atoms with Gasteiger partial charge in [0.15, 0.2) is 0 Å². The topological polar surface area (TPSA) is 217 Å². The molecule has 1 heterocycles. The van der Waals surface area contributed by atoms with Crippen LogP contribution < -0.4 is 21.7 Å². The largest absolute Gasteiger partial charge is 0.481 e. The minimum absolute atomic E-state index is 0.0135. The van der Waals surface area contributed by atoms with Gasteiger partial charge in [0.25, 0.3) is 0 Å². The van der Waals surface area contributed by atoms with E-state index in [0.717, 1.165) is 0 Å². The minimum Gasteiger partial charge on any atom is -0.481 e. The second kappa shape index (κ2) is 14.2. The molecule has 3 amide bonds. The van der Waals surface area contributed by atoms with Gasteiger partial charge in [0.05, 0.1) is 12.4 Å². The van der Waals surface area contributed by atoms with Crippen molar-refractivity contribution in [2.24, 2.45) is 11.7 Å². The summed E-state index contributed by atoms with van der Waals surface area (Å²) in [5.41, 5.74) is 6.11. The van der Waals surface area contributed by atoms with Crippen molar-refractivity contribution in [3.8, 4) is 0 Å². The molecule has 4 atom stereocenters. The fourth-order valence-corrected chi connectivity index (χ4v) is 3.13. The zero-order chi connectivity index (χ0) is 25.8. The molecule has 1 aromatic rings. The maximum absolute atomic E-state index is 12.9. The third-order valence-corrected chi connectivity index (χ3v) is 5.14. The van der Waals surface area contributed by atoms with Crippen LogP contribution in [0.25, 0.3) is 0 Å². The first-order valence-electron chi connectivity index (χ1n) is 10.6. The maximum Gasteiger partial charge on any atom is 0.326 e. The number of nitrogens with two attached hydrogens (primary N) is 1. The average molecular weight is 501 g/mol.